The Bertz CT molecular complexity index is 508. The molecule has 0 bridgehead atoms. The van der Waals surface area contributed by atoms with Gasteiger partial charge in [-0.05, 0) is 45.6 Å². The summed E-state index contributed by atoms with van der Waals surface area (Å²) in [6.07, 6.45) is 4.02. The van der Waals surface area contributed by atoms with E-state index in [-0.39, 0.29) is 6.04 Å². The molecule has 0 spiro atoms. The largest absolute Gasteiger partial charge is 0.319 e. The van der Waals surface area contributed by atoms with Crippen molar-refractivity contribution in [2.75, 3.05) is 0 Å². The molecular weight excluding hydrogens is 288 g/mol. The van der Waals surface area contributed by atoms with Gasteiger partial charge in [-0.25, -0.2) is 0 Å². The van der Waals surface area contributed by atoms with Gasteiger partial charge >= 0.3 is 0 Å². The van der Waals surface area contributed by atoms with Crippen LogP contribution in [0.5, 0.6) is 0 Å². The highest BCUT2D eigenvalue weighted by molar-refractivity contribution is 9.10. The number of hydrogen-bond acceptors (Lipinski definition) is 2. The molecule has 0 radical (unpaired) electrons. The Morgan fingerprint density at radius 3 is 2.78 bits per heavy atom. The maximum Gasteiger partial charge on any atom is 0.0726 e. The van der Waals surface area contributed by atoms with Crippen LogP contribution in [0.15, 0.2) is 47.1 Å². The minimum atomic E-state index is -0.157. The van der Waals surface area contributed by atoms with Gasteiger partial charge in [-0.1, -0.05) is 37.6 Å². The Hall–Kier alpha value is -1.19. The maximum absolute atomic E-state index is 6.25. The smallest absolute Gasteiger partial charge is 0.0726 e. The number of nitrogens with zero attached hydrogens (tertiary/aromatic N) is 1. The third-order valence-corrected chi connectivity index (χ3v) is 3.39. The van der Waals surface area contributed by atoms with Gasteiger partial charge in [0.15, 0.2) is 0 Å². The average molecular weight is 305 g/mol. The predicted octanol–water partition coefficient (Wildman–Crippen LogP) is 3.84. The molecule has 1 heterocycles. The number of aryl methyl sites for hydroxylation is 1. The molecule has 3 heteroatoms. The molecule has 1 aromatic heterocycles. The fraction of sp³-hybridized carbons (Fsp3) is 0.267. The summed E-state index contributed by atoms with van der Waals surface area (Å²) in [4.78, 5) is 4.36. The monoisotopic (exact) mass is 304 g/mol. The van der Waals surface area contributed by atoms with Crippen LogP contribution < -0.4 is 5.73 Å². The third kappa shape index (κ3) is 3.18. The normalized spacial score (nSPS) is 12.4. The number of rotatable bonds is 4. The van der Waals surface area contributed by atoms with Gasteiger partial charge in [-0.3, -0.25) is 4.98 Å². The third-order valence-electron chi connectivity index (χ3n) is 2.92. The molecule has 0 saturated heterocycles. The van der Waals surface area contributed by atoms with E-state index in [2.05, 4.69) is 52.1 Å². The summed E-state index contributed by atoms with van der Waals surface area (Å²) in [5.74, 6) is 0. The summed E-state index contributed by atoms with van der Waals surface area (Å²) in [5.41, 5.74) is 9.61. The second-order valence-corrected chi connectivity index (χ2v) is 5.29. The molecule has 0 fully saturated rings. The van der Waals surface area contributed by atoms with Crippen LogP contribution in [0.25, 0.3) is 0 Å². The van der Waals surface area contributed by atoms with Gasteiger partial charge in [0, 0.05) is 10.7 Å². The van der Waals surface area contributed by atoms with E-state index in [1.807, 2.05) is 12.1 Å². The van der Waals surface area contributed by atoms with Crippen molar-refractivity contribution in [3.63, 3.8) is 0 Å². The zero-order chi connectivity index (χ0) is 13.0. The lowest BCUT2D eigenvalue weighted by molar-refractivity contribution is 0.821. The van der Waals surface area contributed by atoms with Gasteiger partial charge < -0.3 is 5.73 Å². The van der Waals surface area contributed by atoms with Gasteiger partial charge in [0.25, 0.3) is 0 Å². The Kier molecular flexibility index (Phi) is 4.50. The fourth-order valence-electron chi connectivity index (χ4n) is 1.97. The second-order valence-electron chi connectivity index (χ2n) is 4.37. The molecule has 0 saturated carbocycles. The molecule has 2 aromatic rings. The summed E-state index contributed by atoms with van der Waals surface area (Å²) >= 11 is 3.38. The lowest BCUT2D eigenvalue weighted by Crippen LogP contribution is -2.13. The molecule has 1 aromatic carbocycles. The highest BCUT2D eigenvalue weighted by Gasteiger charge is 2.10. The summed E-state index contributed by atoms with van der Waals surface area (Å²) in [7, 11) is 0. The van der Waals surface area contributed by atoms with Crippen molar-refractivity contribution in [2.45, 2.75) is 25.8 Å². The van der Waals surface area contributed by atoms with Crippen LogP contribution in [-0.4, -0.2) is 4.98 Å². The van der Waals surface area contributed by atoms with E-state index < -0.39 is 0 Å². The van der Waals surface area contributed by atoms with Crippen LogP contribution in [0.3, 0.4) is 0 Å². The Balaban J connectivity index is 2.24. The Morgan fingerprint density at radius 1 is 1.28 bits per heavy atom. The zero-order valence-corrected chi connectivity index (χ0v) is 12.0. The summed E-state index contributed by atoms with van der Waals surface area (Å²) in [6.45, 7) is 2.18. The van der Waals surface area contributed by atoms with E-state index in [0.717, 1.165) is 28.6 Å². The lowest BCUT2D eigenvalue weighted by atomic mass is 10.00. The molecule has 0 aliphatic carbocycles. The minimum Gasteiger partial charge on any atom is -0.319 e. The van der Waals surface area contributed by atoms with Crippen LogP contribution >= 0.6 is 15.9 Å². The molecule has 0 aliphatic rings. The summed E-state index contributed by atoms with van der Waals surface area (Å²) in [6, 6.07) is 12.2. The van der Waals surface area contributed by atoms with Gasteiger partial charge in [-0.2, -0.15) is 0 Å². The highest BCUT2D eigenvalue weighted by atomic mass is 79.9. The molecule has 2 nitrogen and oxygen atoms in total. The number of aromatic nitrogens is 1. The number of hydrogen-bond donors (Lipinski definition) is 1. The van der Waals surface area contributed by atoms with Crippen LogP contribution in [-0.2, 0) is 6.42 Å². The molecule has 1 unspecified atom stereocenters. The SMILES string of the molecule is CCCc1cccc(C(N)c2ccc(Br)cn2)c1. The highest BCUT2D eigenvalue weighted by Crippen LogP contribution is 2.20. The van der Waals surface area contributed by atoms with Crippen LogP contribution in [0.2, 0.25) is 0 Å². The van der Waals surface area contributed by atoms with Crippen molar-refractivity contribution in [3.05, 3.63) is 63.9 Å². The van der Waals surface area contributed by atoms with E-state index in [1.165, 1.54) is 5.56 Å². The molecule has 2 rings (SSSR count). The first kappa shape index (κ1) is 13.2. The van der Waals surface area contributed by atoms with Crippen molar-refractivity contribution in [1.82, 2.24) is 4.98 Å². The van der Waals surface area contributed by atoms with Crippen molar-refractivity contribution in [2.24, 2.45) is 5.73 Å². The summed E-state index contributed by atoms with van der Waals surface area (Å²) in [5, 5.41) is 0. The second kappa shape index (κ2) is 6.12. The number of benzene rings is 1. The summed E-state index contributed by atoms with van der Waals surface area (Å²) < 4.78 is 0.971. The maximum atomic E-state index is 6.25. The van der Waals surface area contributed by atoms with Crippen molar-refractivity contribution in [3.8, 4) is 0 Å². The van der Waals surface area contributed by atoms with Crippen LogP contribution in [0.1, 0.15) is 36.2 Å². The molecule has 18 heavy (non-hydrogen) atoms. The Morgan fingerprint density at radius 2 is 2.11 bits per heavy atom. The first-order valence-corrected chi connectivity index (χ1v) is 6.96. The van der Waals surface area contributed by atoms with Gasteiger partial charge in [-0.15, -0.1) is 0 Å². The lowest BCUT2D eigenvalue weighted by Gasteiger charge is -2.13. The van der Waals surface area contributed by atoms with E-state index in [9.17, 15) is 0 Å². The van der Waals surface area contributed by atoms with Gasteiger partial charge in [0.2, 0.25) is 0 Å². The van der Waals surface area contributed by atoms with Crippen molar-refractivity contribution in [1.29, 1.82) is 0 Å². The predicted molar refractivity (Wildman–Crippen MR) is 78.4 cm³/mol. The molecule has 1 atom stereocenters. The van der Waals surface area contributed by atoms with Crippen LogP contribution in [0.4, 0.5) is 0 Å². The zero-order valence-electron chi connectivity index (χ0n) is 10.4. The average Bonchev–Trinajstić information content (AvgIpc) is 2.39. The standard InChI is InChI=1S/C15H17BrN2/c1-2-4-11-5-3-6-12(9-11)15(17)14-8-7-13(16)10-18-14/h3,5-10,15H,2,4,17H2,1H3. The number of nitrogens with two attached hydrogens (primary N) is 1. The Labute approximate surface area is 116 Å². The first-order valence-electron chi connectivity index (χ1n) is 6.16. The van der Waals surface area contributed by atoms with E-state index in [1.54, 1.807) is 6.20 Å². The minimum absolute atomic E-state index is 0.157. The van der Waals surface area contributed by atoms with E-state index in [0.29, 0.717) is 0 Å². The number of pyridine rings is 1. The quantitative estimate of drug-likeness (QED) is 0.932. The molecule has 0 aliphatic heterocycles. The topological polar surface area (TPSA) is 38.9 Å². The van der Waals surface area contributed by atoms with Gasteiger partial charge in [0.05, 0.1) is 11.7 Å². The van der Waals surface area contributed by atoms with Gasteiger partial charge in [0.1, 0.15) is 0 Å². The molecule has 2 N–H and O–H groups in total. The number of halogens is 1. The van der Waals surface area contributed by atoms with E-state index in [4.69, 9.17) is 5.73 Å². The molecule has 0 amide bonds. The molecule has 94 valence electrons. The van der Waals surface area contributed by atoms with Crippen LogP contribution in [0, 0.1) is 0 Å². The fourth-order valence-corrected chi connectivity index (χ4v) is 2.21. The molecular formula is C15H17BrN2. The van der Waals surface area contributed by atoms with Crippen molar-refractivity contribution >= 4 is 15.9 Å². The van der Waals surface area contributed by atoms with Crippen molar-refractivity contribution < 1.29 is 0 Å². The van der Waals surface area contributed by atoms with E-state index >= 15 is 0 Å². The first-order chi connectivity index (χ1) is 8.70.